The molecule has 0 bridgehead atoms. The van der Waals surface area contributed by atoms with Crippen LogP contribution >= 0.6 is 0 Å². The molecule has 17 heavy (non-hydrogen) atoms. The van der Waals surface area contributed by atoms with Crippen LogP contribution in [0.3, 0.4) is 0 Å². The van der Waals surface area contributed by atoms with Gasteiger partial charge in [0.1, 0.15) is 12.0 Å². The number of nitrogens with zero attached hydrogens (tertiary/aromatic N) is 2. The minimum absolute atomic E-state index is 0.0127. The molecule has 0 spiro atoms. The van der Waals surface area contributed by atoms with Gasteiger partial charge >= 0.3 is 0 Å². The molecule has 1 amide bonds. The Morgan fingerprint density at radius 1 is 1.41 bits per heavy atom. The van der Waals surface area contributed by atoms with Gasteiger partial charge in [-0.15, -0.1) is 0 Å². The van der Waals surface area contributed by atoms with Crippen LogP contribution in [-0.4, -0.2) is 29.0 Å². The number of rotatable bonds is 2. The van der Waals surface area contributed by atoms with Crippen LogP contribution in [0, 0.1) is 5.92 Å². The maximum absolute atomic E-state index is 11.8. The van der Waals surface area contributed by atoms with Crippen LogP contribution in [0.2, 0.25) is 0 Å². The maximum Gasteiger partial charge on any atom is 0.242 e. The number of aromatic nitrogens is 2. The van der Waals surface area contributed by atoms with Crippen molar-refractivity contribution in [2.45, 2.75) is 25.3 Å². The molecular formula is C11H14N4O2. The van der Waals surface area contributed by atoms with E-state index < -0.39 is 0 Å². The predicted octanol–water partition coefficient (Wildman–Crippen LogP) is 1.02. The van der Waals surface area contributed by atoms with E-state index in [4.69, 9.17) is 4.74 Å². The second-order valence-electron chi connectivity index (χ2n) is 4.45. The Balaban J connectivity index is 1.97. The fourth-order valence-electron chi connectivity index (χ4n) is 2.15. The number of amides is 1. The first kappa shape index (κ1) is 10.3. The van der Waals surface area contributed by atoms with Gasteiger partial charge in [0.25, 0.3) is 0 Å². The van der Waals surface area contributed by atoms with Crippen molar-refractivity contribution in [1.82, 2.24) is 9.97 Å². The summed E-state index contributed by atoms with van der Waals surface area (Å²) in [7, 11) is 1.53. The lowest BCUT2D eigenvalue weighted by Crippen LogP contribution is -2.24. The average molecular weight is 234 g/mol. The number of hydrogen-bond donors (Lipinski definition) is 2. The molecule has 0 saturated heterocycles. The number of carbonyl (C=O) groups excluding carboxylic acids is 1. The number of hydrogen-bond acceptors (Lipinski definition) is 5. The lowest BCUT2D eigenvalue weighted by molar-refractivity contribution is -0.116. The Kier molecular flexibility index (Phi) is 2.35. The van der Waals surface area contributed by atoms with Crippen molar-refractivity contribution in [2.75, 3.05) is 17.7 Å². The highest BCUT2D eigenvalue weighted by Gasteiger charge is 2.35. The van der Waals surface area contributed by atoms with Gasteiger partial charge in [-0.1, -0.05) is 0 Å². The smallest absolute Gasteiger partial charge is 0.242 e. The van der Waals surface area contributed by atoms with Crippen molar-refractivity contribution in [3.63, 3.8) is 0 Å². The number of methoxy groups -OCH3 is 1. The SMILES string of the molecule is COc1ncnc2c1NC(=O)CC(C1CC1)N2. The summed E-state index contributed by atoms with van der Waals surface area (Å²) < 4.78 is 5.12. The number of anilines is 2. The molecule has 2 N–H and O–H groups in total. The molecule has 90 valence electrons. The summed E-state index contributed by atoms with van der Waals surface area (Å²) in [5.74, 6) is 1.63. The zero-order valence-corrected chi connectivity index (χ0v) is 9.56. The van der Waals surface area contributed by atoms with Crippen molar-refractivity contribution in [2.24, 2.45) is 5.92 Å². The van der Waals surface area contributed by atoms with Gasteiger partial charge < -0.3 is 15.4 Å². The lowest BCUT2D eigenvalue weighted by Gasteiger charge is -2.15. The highest BCUT2D eigenvalue weighted by atomic mass is 16.5. The topological polar surface area (TPSA) is 76.1 Å². The molecule has 1 aromatic heterocycles. The van der Waals surface area contributed by atoms with Crippen molar-refractivity contribution < 1.29 is 9.53 Å². The van der Waals surface area contributed by atoms with E-state index in [1.807, 2.05) is 0 Å². The third-order valence-electron chi connectivity index (χ3n) is 3.19. The van der Waals surface area contributed by atoms with Gasteiger partial charge in [0.2, 0.25) is 11.8 Å². The largest absolute Gasteiger partial charge is 0.479 e. The summed E-state index contributed by atoms with van der Waals surface area (Å²) in [6.07, 6.45) is 4.28. The fourth-order valence-corrected chi connectivity index (χ4v) is 2.15. The van der Waals surface area contributed by atoms with Crippen molar-refractivity contribution in [1.29, 1.82) is 0 Å². The van der Waals surface area contributed by atoms with Crippen LogP contribution in [-0.2, 0) is 4.79 Å². The molecule has 3 rings (SSSR count). The monoisotopic (exact) mass is 234 g/mol. The van der Waals surface area contributed by atoms with Gasteiger partial charge in [0, 0.05) is 12.5 Å². The average Bonchev–Trinajstić information content (AvgIpc) is 3.13. The van der Waals surface area contributed by atoms with Crippen molar-refractivity contribution >= 4 is 17.4 Å². The molecule has 1 saturated carbocycles. The molecule has 1 aliphatic heterocycles. The van der Waals surface area contributed by atoms with E-state index in [0.29, 0.717) is 29.7 Å². The third-order valence-corrected chi connectivity index (χ3v) is 3.19. The highest BCUT2D eigenvalue weighted by Crippen LogP contribution is 2.39. The summed E-state index contributed by atoms with van der Waals surface area (Å²) in [6, 6.07) is 0.177. The Bertz CT molecular complexity index is 459. The summed E-state index contributed by atoms with van der Waals surface area (Å²) in [5.41, 5.74) is 0.545. The van der Waals surface area contributed by atoms with Crippen LogP contribution in [0.4, 0.5) is 11.5 Å². The van der Waals surface area contributed by atoms with Crippen LogP contribution in [0.15, 0.2) is 6.33 Å². The molecular weight excluding hydrogens is 220 g/mol. The van der Waals surface area contributed by atoms with Crippen LogP contribution in [0.1, 0.15) is 19.3 Å². The van der Waals surface area contributed by atoms with E-state index >= 15 is 0 Å². The molecule has 0 aromatic carbocycles. The number of carbonyl (C=O) groups is 1. The van der Waals surface area contributed by atoms with Gasteiger partial charge in [-0.25, -0.2) is 4.98 Å². The van der Waals surface area contributed by atoms with Gasteiger partial charge in [0.05, 0.1) is 7.11 Å². The Labute approximate surface area is 98.8 Å². The van der Waals surface area contributed by atoms with Gasteiger partial charge in [-0.05, 0) is 18.8 Å². The summed E-state index contributed by atoms with van der Waals surface area (Å²) in [4.78, 5) is 19.9. The second-order valence-corrected chi connectivity index (χ2v) is 4.45. The van der Waals surface area contributed by atoms with E-state index in [0.717, 1.165) is 0 Å². The molecule has 2 aliphatic rings. The molecule has 1 fully saturated rings. The number of ether oxygens (including phenoxy) is 1. The first-order valence-corrected chi connectivity index (χ1v) is 5.73. The second kappa shape index (κ2) is 3.87. The van der Waals surface area contributed by atoms with Crippen LogP contribution in [0.25, 0.3) is 0 Å². The van der Waals surface area contributed by atoms with Crippen LogP contribution < -0.4 is 15.4 Å². The third kappa shape index (κ3) is 1.90. The maximum atomic E-state index is 11.8. The normalized spacial score (nSPS) is 23.1. The molecule has 1 unspecified atom stereocenters. The van der Waals surface area contributed by atoms with E-state index in [1.165, 1.54) is 26.3 Å². The first-order chi connectivity index (χ1) is 8.28. The Morgan fingerprint density at radius 2 is 2.24 bits per heavy atom. The van der Waals surface area contributed by atoms with Crippen molar-refractivity contribution in [3.05, 3.63) is 6.33 Å². The van der Waals surface area contributed by atoms with Gasteiger partial charge in [-0.2, -0.15) is 4.98 Å². The minimum Gasteiger partial charge on any atom is -0.479 e. The minimum atomic E-state index is -0.0127. The highest BCUT2D eigenvalue weighted by molar-refractivity contribution is 5.97. The van der Waals surface area contributed by atoms with Gasteiger partial charge in [0.15, 0.2) is 5.82 Å². The van der Waals surface area contributed by atoms with Crippen LogP contribution in [0.5, 0.6) is 5.88 Å². The Hall–Kier alpha value is -1.85. The quantitative estimate of drug-likeness (QED) is 0.799. The molecule has 1 aromatic rings. The Morgan fingerprint density at radius 3 is 2.94 bits per heavy atom. The van der Waals surface area contributed by atoms with E-state index in [9.17, 15) is 4.79 Å². The van der Waals surface area contributed by atoms with E-state index in [2.05, 4.69) is 20.6 Å². The molecule has 1 aliphatic carbocycles. The summed E-state index contributed by atoms with van der Waals surface area (Å²) in [6.45, 7) is 0. The molecule has 6 heteroatoms. The van der Waals surface area contributed by atoms with Crippen molar-refractivity contribution in [3.8, 4) is 5.88 Å². The molecule has 2 heterocycles. The summed E-state index contributed by atoms with van der Waals surface area (Å²) in [5, 5.41) is 6.12. The number of fused-ring (bicyclic) bond motifs is 1. The number of nitrogens with one attached hydrogen (secondary N) is 2. The molecule has 0 radical (unpaired) electrons. The predicted molar refractivity (Wildman–Crippen MR) is 62.0 cm³/mol. The summed E-state index contributed by atoms with van der Waals surface area (Å²) >= 11 is 0. The van der Waals surface area contributed by atoms with E-state index in [1.54, 1.807) is 0 Å². The molecule has 1 atom stereocenters. The zero-order chi connectivity index (χ0) is 11.8. The van der Waals surface area contributed by atoms with E-state index in [-0.39, 0.29) is 11.9 Å². The first-order valence-electron chi connectivity index (χ1n) is 5.73. The zero-order valence-electron chi connectivity index (χ0n) is 9.56. The fraction of sp³-hybridized carbons (Fsp3) is 0.545. The van der Waals surface area contributed by atoms with Gasteiger partial charge in [-0.3, -0.25) is 4.79 Å². The lowest BCUT2D eigenvalue weighted by atomic mass is 10.1. The standard InChI is InChI=1S/C11H14N4O2/c1-17-11-9-10(12-5-13-11)14-7(6-2-3-6)4-8(16)15-9/h5-7H,2-4H2,1H3,(H,15,16)(H,12,13,14). The molecule has 6 nitrogen and oxygen atoms in total.